The van der Waals surface area contributed by atoms with Crippen LogP contribution in [0.15, 0.2) is 24.8 Å². The van der Waals surface area contributed by atoms with Crippen molar-refractivity contribution in [1.82, 2.24) is 0 Å². The summed E-state index contributed by atoms with van der Waals surface area (Å²) < 4.78 is 55.2. The van der Waals surface area contributed by atoms with E-state index in [4.69, 9.17) is 0 Å². The highest BCUT2D eigenvalue weighted by Gasteiger charge is 2.20. The van der Waals surface area contributed by atoms with Gasteiger partial charge in [-0.25, -0.2) is 8.78 Å². The number of rotatable bonds is 6. The Morgan fingerprint density at radius 2 is 1.73 bits per heavy atom. The maximum Gasteiger partial charge on any atom is 0.387 e. The zero-order valence-electron chi connectivity index (χ0n) is 12.3. The van der Waals surface area contributed by atoms with Crippen LogP contribution in [-0.4, -0.2) is 6.61 Å². The fourth-order valence-corrected chi connectivity index (χ4v) is 3.04. The Balaban J connectivity index is 1.92. The zero-order valence-corrected chi connectivity index (χ0v) is 12.3. The number of alkyl halides is 2. The molecule has 22 heavy (non-hydrogen) atoms. The molecule has 1 aromatic carbocycles. The van der Waals surface area contributed by atoms with Gasteiger partial charge in [-0.05, 0) is 68.1 Å². The van der Waals surface area contributed by atoms with Gasteiger partial charge < -0.3 is 4.74 Å². The van der Waals surface area contributed by atoms with Crippen LogP contribution in [0.4, 0.5) is 17.6 Å². The molecule has 1 nitrogen and oxygen atoms in total. The van der Waals surface area contributed by atoms with Crippen molar-refractivity contribution in [3.8, 4) is 5.75 Å². The van der Waals surface area contributed by atoms with Gasteiger partial charge in [0.05, 0.1) is 0 Å². The van der Waals surface area contributed by atoms with Crippen molar-refractivity contribution in [3.63, 3.8) is 0 Å². The Labute approximate surface area is 128 Å². The Hall–Kier alpha value is -1.52. The van der Waals surface area contributed by atoms with E-state index in [-0.39, 0.29) is 0 Å². The van der Waals surface area contributed by atoms with E-state index in [9.17, 15) is 17.6 Å². The van der Waals surface area contributed by atoms with Gasteiger partial charge >= 0.3 is 6.61 Å². The monoisotopic (exact) mass is 316 g/mol. The first-order chi connectivity index (χ1) is 10.5. The minimum atomic E-state index is -3.24. The van der Waals surface area contributed by atoms with E-state index in [0.717, 1.165) is 44.2 Å². The summed E-state index contributed by atoms with van der Waals surface area (Å²) in [5, 5.41) is 0. The molecule has 0 radical (unpaired) electrons. The second-order valence-electron chi connectivity index (χ2n) is 5.82. The second-order valence-corrected chi connectivity index (χ2v) is 5.82. The van der Waals surface area contributed by atoms with Crippen LogP contribution in [-0.2, 0) is 6.42 Å². The Morgan fingerprint density at radius 1 is 1.14 bits per heavy atom. The summed E-state index contributed by atoms with van der Waals surface area (Å²) in [4.78, 5) is 0. The van der Waals surface area contributed by atoms with E-state index in [1.54, 1.807) is 0 Å². The molecule has 122 valence electrons. The predicted octanol–water partition coefficient (Wildman–Crippen LogP) is 5.49. The lowest BCUT2D eigenvalue weighted by Gasteiger charge is -2.26. The number of benzene rings is 1. The van der Waals surface area contributed by atoms with Crippen molar-refractivity contribution in [2.45, 2.75) is 45.1 Å². The second kappa shape index (κ2) is 7.65. The van der Waals surface area contributed by atoms with E-state index in [0.29, 0.717) is 23.8 Å². The maximum atomic E-state index is 13.6. The molecule has 0 aromatic heterocycles. The number of halogens is 4. The van der Waals surface area contributed by atoms with E-state index in [2.05, 4.69) is 11.3 Å². The van der Waals surface area contributed by atoms with Gasteiger partial charge in [0.25, 0.3) is 0 Å². The molecular weight excluding hydrogens is 296 g/mol. The quantitative estimate of drug-likeness (QED) is 0.498. The summed E-state index contributed by atoms with van der Waals surface area (Å²) in [6, 6.07) is 2.16. The lowest BCUT2D eigenvalue weighted by atomic mass is 9.79. The fraction of sp³-hybridized carbons (Fsp3) is 0.529. The predicted molar refractivity (Wildman–Crippen MR) is 77.0 cm³/mol. The van der Waals surface area contributed by atoms with Gasteiger partial charge in [-0.1, -0.05) is 6.08 Å². The number of hydrogen-bond donors (Lipinski definition) is 0. The van der Waals surface area contributed by atoms with Crippen molar-refractivity contribution in [3.05, 3.63) is 42.0 Å². The van der Waals surface area contributed by atoms with Crippen molar-refractivity contribution in [2.75, 3.05) is 0 Å². The summed E-state index contributed by atoms with van der Waals surface area (Å²) in [6.07, 6.45) is 7.77. The number of allylic oxidation sites excluding steroid dienone is 1. The third-order valence-electron chi connectivity index (χ3n) is 4.33. The topological polar surface area (TPSA) is 9.23 Å². The third kappa shape index (κ3) is 4.49. The van der Waals surface area contributed by atoms with Gasteiger partial charge in [-0.2, -0.15) is 8.78 Å². The third-order valence-corrected chi connectivity index (χ3v) is 4.33. The summed E-state index contributed by atoms with van der Waals surface area (Å²) in [5.41, 5.74) is 0.475. The molecule has 0 N–H and O–H groups in total. The highest BCUT2D eigenvalue weighted by molar-refractivity contribution is 5.31. The average molecular weight is 316 g/mol. The summed E-state index contributed by atoms with van der Waals surface area (Å²) in [6.45, 7) is 0.562. The molecule has 0 unspecified atom stereocenters. The highest BCUT2D eigenvalue weighted by atomic mass is 19.3. The van der Waals surface area contributed by atoms with Crippen LogP contribution in [0.3, 0.4) is 0 Å². The number of aryl methyl sites for hydroxylation is 1. The summed E-state index contributed by atoms with van der Waals surface area (Å²) in [7, 11) is 0. The van der Waals surface area contributed by atoms with Crippen LogP contribution < -0.4 is 4.74 Å². The number of hydrogen-bond acceptors (Lipinski definition) is 1. The lowest BCUT2D eigenvalue weighted by molar-refractivity contribution is -0.0546. The lowest BCUT2D eigenvalue weighted by Crippen LogP contribution is -2.13. The van der Waals surface area contributed by atoms with E-state index >= 15 is 0 Å². The Morgan fingerprint density at radius 3 is 2.23 bits per heavy atom. The summed E-state index contributed by atoms with van der Waals surface area (Å²) in [5.74, 6) is -2.04. The van der Waals surface area contributed by atoms with Crippen LogP contribution >= 0.6 is 0 Å². The minimum Gasteiger partial charge on any atom is -0.429 e. The van der Waals surface area contributed by atoms with Crippen LogP contribution in [0.2, 0.25) is 0 Å². The zero-order chi connectivity index (χ0) is 16.1. The molecule has 1 aliphatic carbocycles. The van der Waals surface area contributed by atoms with Gasteiger partial charge in [0.1, 0.15) is 0 Å². The van der Waals surface area contributed by atoms with Gasteiger partial charge in [0.2, 0.25) is 0 Å². The SMILES string of the molecule is C=C[C@H]1CC[C@H](CCc2cc(F)c(OC(F)F)c(F)c2)CC1. The van der Waals surface area contributed by atoms with E-state index in [1.807, 2.05) is 6.08 Å². The standard InChI is InChI=1S/C17H20F4O/c1-2-11-3-5-12(6-4-11)7-8-13-9-14(18)16(15(19)10-13)22-17(20)21/h2,9-12,17H,1,3-8H2/t11-,12-. The Kier molecular flexibility index (Phi) is 5.86. The molecule has 0 aliphatic heterocycles. The first-order valence-corrected chi connectivity index (χ1v) is 7.55. The molecule has 5 heteroatoms. The minimum absolute atomic E-state index is 0.475. The number of ether oxygens (including phenoxy) is 1. The first kappa shape index (κ1) is 16.8. The highest BCUT2D eigenvalue weighted by Crippen LogP contribution is 2.33. The molecule has 0 amide bonds. The van der Waals surface area contributed by atoms with Crippen LogP contribution in [0.1, 0.15) is 37.7 Å². The molecule has 1 aliphatic rings. The molecule has 0 heterocycles. The smallest absolute Gasteiger partial charge is 0.387 e. The molecule has 0 atom stereocenters. The largest absolute Gasteiger partial charge is 0.429 e. The summed E-state index contributed by atoms with van der Waals surface area (Å²) >= 11 is 0. The van der Waals surface area contributed by atoms with Gasteiger partial charge in [-0.15, -0.1) is 6.58 Å². The van der Waals surface area contributed by atoms with Crippen molar-refractivity contribution in [2.24, 2.45) is 11.8 Å². The molecule has 2 rings (SSSR count). The molecular formula is C17H20F4O. The van der Waals surface area contributed by atoms with Crippen LogP contribution in [0, 0.1) is 23.5 Å². The van der Waals surface area contributed by atoms with Crippen LogP contribution in [0.25, 0.3) is 0 Å². The molecule has 0 saturated heterocycles. The maximum absolute atomic E-state index is 13.6. The average Bonchev–Trinajstić information content (AvgIpc) is 2.49. The fourth-order valence-electron chi connectivity index (χ4n) is 3.04. The first-order valence-electron chi connectivity index (χ1n) is 7.55. The van der Waals surface area contributed by atoms with Crippen molar-refractivity contribution in [1.29, 1.82) is 0 Å². The van der Waals surface area contributed by atoms with E-state index in [1.165, 1.54) is 0 Å². The van der Waals surface area contributed by atoms with Gasteiger partial charge in [0, 0.05) is 0 Å². The van der Waals surface area contributed by atoms with Crippen LogP contribution in [0.5, 0.6) is 5.75 Å². The van der Waals surface area contributed by atoms with E-state index < -0.39 is 24.0 Å². The van der Waals surface area contributed by atoms with Crippen molar-refractivity contribution < 1.29 is 22.3 Å². The molecule has 0 spiro atoms. The normalized spacial score (nSPS) is 21.9. The molecule has 1 aromatic rings. The molecule has 1 saturated carbocycles. The van der Waals surface area contributed by atoms with Crippen molar-refractivity contribution >= 4 is 0 Å². The molecule has 0 bridgehead atoms. The Bertz CT molecular complexity index is 484. The van der Waals surface area contributed by atoms with Gasteiger partial charge in [0.15, 0.2) is 17.4 Å². The molecule has 1 fully saturated rings. The van der Waals surface area contributed by atoms with Gasteiger partial charge in [-0.3, -0.25) is 0 Å².